The average molecular weight is 263 g/mol. The first-order chi connectivity index (χ1) is 9.72. The van der Waals surface area contributed by atoms with Crippen molar-refractivity contribution in [2.45, 2.75) is 6.92 Å². The molecule has 1 aliphatic rings. The molecule has 1 aromatic carbocycles. The number of carbonyl (C=O) groups is 1. The molecule has 2 heterocycles. The van der Waals surface area contributed by atoms with Crippen molar-refractivity contribution >= 4 is 17.8 Å². The third-order valence-electron chi connectivity index (χ3n) is 2.98. The Morgan fingerprint density at radius 2 is 2.10 bits per heavy atom. The molecule has 0 bridgehead atoms. The van der Waals surface area contributed by atoms with Crippen LogP contribution in [0.2, 0.25) is 0 Å². The van der Waals surface area contributed by atoms with E-state index in [0.717, 1.165) is 16.7 Å². The lowest BCUT2D eigenvalue weighted by atomic mass is 10.1. The summed E-state index contributed by atoms with van der Waals surface area (Å²) in [6.07, 6.45) is 5.11. The number of amides is 1. The Morgan fingerprint density at radius 1 is 1.20 bits per heavy atom. The van der Waals surface area contributed by atoms with Crippen LogP contribution in [-0.4, -0.2) is 16.7 Å². The molecule has 1 N–H and O–H groups in total. The Hall–Kier alpha value is -2.75. The number of amidine groups is 1. The lowest BCUT2D eigenvalue weighted by Gasteiger charge is -2.00. The number of nitrogens with one attached hydrogen (secondary N) is 1. The van der Waals surface area contributed by atoms with E-state index in [0.29, 0.717) is 11.5 Å². The van der Waals surface area contributed by atoms with E-state index in [1.807, 2.05) is 43.3 Å². The summed E-state index contributed by atoms with van der Waals surface area (Å²) >= 11 is 0. The standard InChI is InChI=1S/C16H13N3O/c1-11-4-2-6-13(8-11)15-18-14(16(20)19-15)9-12-5-3-7-17-10-12/h2-10H,1H3,(H,18,19,20)/b14-9+. The van der Waals surface area contributed by atoms with E-state index in [1.165, 1.54) is 0 Å². The normalized spacial score (nSPS) is 16.1. The van der Waals surface area contributed by atoms with Crippen LogP contribution in [0.25, 0.3) is 6.08 Å². The molecule has 1 aliphatic heterocycles. The van der Waals surface area contributed by atoms with Crippen LogP contribution in [-0.2, 0) is 4.79 Å². The maximum atomic E-state index is 11.9. The fraction of sp³-hybridized carbons (Fsp3) is 0.0625. The lowest BCUT2D eigenvalue weighted by Crippen LogP contribution is -2.24. The molecular formula is C16H13N3O. The molecule has 0 unspecified atom stereocenters. The van der Waals surface area contributed by atoms with Gasteiger partial charge in [0.15, 0.2) is 0 Å². The first-order valence-corrected chi connectivity index (χ1v) is 6.31. The molecule has 0 saturated heterocycles. The van der Waals surface area contributed by atoms with E-state index in [2.05, 4.69) is 15.3 Å². The number of hydrogen-bond acceptors (Lipinski definition) is 3. The van der Waals surface area contributed by atoms with E-state index in [4.69, 9.17) is 0 Å². The molecule has 0 aliphatic carbocycles. The molecule has 2 aromatic rings. The van der Waals surface area contributed by atoms with Gasteiger partial charge in [0.1, 0.15) is 11.5 Å². The van der Waals surface area contributed by atoms with Crippen LogP contribution >= 0.6 is 0 Å². The lowest BCUT2D eigenvalue weighted by molar-refractivity contribution is -0.115. The summed E-state index contributed by atoms with van der Waals surface area (Å²) in [7, 11) is 0. The van der Waals surface area contributed by atoms with E-state index in [1.54, 1.807) is 18.5 Å². The van der Waals surface area contributed by atoms with Gasteiger partial charge in [-0.1, -0.05) is 29.8 Å². The monoisotopic (exact) mass is 263 g/mol. The van der Waals surface area contributed by atoms with Crippen molar-refractivity contribution in [3.8, 4) is 0 Å². The predicted molar refractivity (Wildman–Crippen MR) is 78.1 cm³/mol. The summed E-state index contributed by atoms with van der Waals surface area (Å²) in [5.74, 6) is 0.402. The number of aromatic nitrogens is 1. The van der Waals surface area contributed by atoms with Crippen molar-refractivity contribution in [3.05, 3.63) is 71.2 Å². The van der Waals surface area contributed by atoms with Crippen LogP contribution < -0.4 is 5.32 Å². The Morgan fingerprint density at radius 3 is 2.85 bits per heavy atom. The highest BCUT2D eigenvalue weighted by Crippen LogP contribution is 2.15. The van der Waals surface area contributed by atoms with Gasteiger partial charge in [0.05, 0.1) is 0 Å². The van der Waals surface area contributed by atoms with Crippen LogP contribution in [0.4, 0.5) is 0 Å². The summed E-state index contributed by atoms with van der Waals surface area (Å²) in [6.45, 7) is 2.01. The zero-order chi connectivity index (χ0) is 13.9. The first-order valence-electron chi connectivity index (χ1n) is 6.31. The van der Waals surface area contributed by atoms with Gasteiger partial charge in [-0.15, -0.1) is 0 Å². The molecule has 1 aromatic heterocycles. The Balaban J connectivity index is 1.95. The Bertz CT molecular complexity index is 718. The molecule has 98 valence electrons. The van der Waals surface area contributed by atoms with Crippen LogP contribution in [0.3, 0.4) is 0 Å². The maximum absolute atomic E-state index is 11.9. The summed E-state index contributed by atoms with van der Waals surface area (Å²) in [5.41, 5.74) is 3.29. The number of hydrogen-bond donors (Lipinski definition) is 1. The molecule has 0 radical (unpaired) electrons. The zero-order valence-electron chi connectivity index (χ0n) is 11.0. The fourth-order valence-electron chi connectivity index (χ4n) is 2.02. The van der Waals surface area contributed by atoms with E-state index < -0.39 is 0 Å². The number of nitrogens with zero attached hydrogens (tertiary/aromatic N) is 2. The van der Waals surface area contributed by atoms with Crippen molar-refractivity contribution in [1.29, 1.82) is 0 Å². The molecule has 20 heavy (non-hydrogen) atoms. The highest BCUT2D eigenvalue weighted by molar-refractivity contribution is 6.19. The van der Waals surface area contributed by atoms with Crippen molar-refractivity contribution in [2.75, 3.05) is 0 Å². The first kappa shape index (κ1) is 12.3. The number of rotatable bonds is 2. The molecule has 0 fully saturated rings. The van der Waals surface area contributed by atoms with Crippen molar-refractivity contribution in [1.82, 2.24) is 10.3 Å². The topological polar surface area (TPSA) is 54.4 Å². The third kappa shape index (κ3) is 2.49. The molecule has 3 rings (SSSR count). The number of pyridine rings is 1. The van der Waals surface area contributed by atoms with Gasteiger partial charge >= 0.3 is 0 Å². The highest BCUT2D eigenvalue weighted by atomic mass is 16.2. The van der Waals surface area contributed by atoms with Crippen LogP contribution in [0.5, 0.6) is 0 Å². The molecule has 0 saturated carbocycles. The van der Waals surface area contributed by atoms with Gasteiger partial charge in [0.2, 0.25) is 0 Å². The summed E-state index contributed by atoms with van der Waals surface area (Å²) in [6, 6.07) is 11.6. The predicted octanol–water partition coefficient (Wildman–Crippen LogP) is 2.31. The van der Waals surface area contributed by atoms with Gasteiger partial charge in [0, 0.05) is 18.0 Å². The number of carbonyl (C=O) groups excluding carboxylic acids is 1. The van der Waals surface area contributed by atoms with Gasteiger partial charge in [-0.25, -0.2) is 4.99 Å². The van der Waals surface area contributed by atoms with Crippen molar-refractivity contribution in [3.63, 3.8) is 0 Å². The van der Waals surface area contributed by atoms with Gasteiger partial charge < -0.3 is 5.32 Å². The second-order valence-corrected chi connectivity index (χ2v) is 4.60. The second kappa shape index (κ2) is 5.09. The van der Waals surface area contributed by atoms with Crippen molar-refractivity contribution in [2.24, 2.45) is 4.99 Å². The maximum Gasteiger partial charge on any atom is 0.275 e. The van der Waals surface area contributed by atoms with Crippen LogP contribution in [0, 0.1) is 6.92 Å². The third-order valence-corrected chi connectivity index (χ3v) is 2.98. The molecule has 4 nitrogen and oxygen atoms in total. The van der Waals surface area contributed by atoms with Gasteiger partial charge in [0.25, 0.3) is 5.91 Å². The van der Waals surface area contributed by atoms with Gasteiger partial charge in [-0.05, 0) is 30.7 Å². The van der Waals surface area contributed by atoms with E-state index in [-0.39, 0.29) is 5.91 Å². The van der Waals surface area contributed by atoms with Crippen LogP contribution in [0.1, 0.15) is 16.7 Å². The summed E-state index contributed by atoms with van der Waals surface area (Å²) in [4.78, 5) is 20.3. The molecule has 0 atom stereocenters. The highest BCUT2D eigenvalue weighted by Gasteiger charge is 2.20. The summed E-state index contributed by atoms with van der Waals surface area (Å²) in [5, 5.41) is 2.79. The fourth-order valence-corrected chi connectivity index (χ4v) is 2.02. The SMILES string of the molecule is Cc1cccc(C2=N/C(=C/c3cccnc3)C(=O)N2)c1. The van der Waals surface area contributed by atoms with Gasteiger partial charge in [-0.3, -0.25) is 9.78 Å². The summed E-state index contributed by atoms with van der Waals surface area (Å²) < 4.78 is 0. The zero-order valence-corrected chi connectivity index (χ0v) is 11.0. The average Bonchev–Trinajstić information content (AvgIpc) is 2.81. The van der Waals surface area contributed by atoms with Crippen molar-refractivity contribution < 1.29 is 4.79 Å². The Kier molecular flexibility index (Phi) is 3.13. The molecule has 1 amide bonds. The number of aliphatic imine (C=N–C) groups is 1. The molecule has 0 spiro atoms. The Labute approximate surface area is 116 Å². The van der Waals surface area contributed by atoms with E-state index in [9.17, 15) is 4.79 Å². The minimum absolute atomic E-state index is 0.189. The number of aryl methyl sites for hydroxylation is 1. The van der Waals surface area contributed by atoms with Crippen LogP contribution in [0.15, 0.2) is 59.5 Å². The van der Waals surface area contributed by atoms with Gasteiger partial charge in [-0.2, -0.15) is 0 Å². The second-order valence-electron chi connectivity index (χ2n) is 4.60. The van der Waals surface area contributed by atoms with E-state index >= 15 is 0 Å². The molecule has 4 heteroatoms. The minimum Gasteiger partial charge on any atom is -0.305 e. The number of benzene rings is 1. The minimum atomic E-state index is -0.189. The largest absolute Gasteiger partial charge is 0.305 e. The quantitative estimate of drug-likeness (QED) is 0.845. The molecular weight excluding hydrogens is 250 g/mol. The smallest absolute Gasteiger partial charge is 0.275 e.